The molecular formula is C20H29F. The van der Waals surface area contributed by atoms with E-state index in [1.807, 2.05) is 12.1 Å². The lowest BCUT2D eigenvalue weighted by Gasteiger charge is -2.28. The van der Waals surface area contributed by atoms with E-state index in [1.54, 1.807) is 0 Å². The molecule has 1 aromatic rings. The molecule has 1 aliphatic carbocycles. The topological polar surface area (TPSA) is 0 Å². The number of benzene rings is 1. The van der Waals surface area contributed by atoms with Crippen LogP contribution in [0, 0.1) is 11.8 Å². The molecule has 1 heteroatoms. The van der Waals surface area contributed by atoms with E-state index < -0.39 is 0 Å². The highest BCUT2D eigenvalue weighted by atomic mass is 19.1. The molecule has 0 radical (unpaired) electrons. The summed E-state index contributed by atoms with van der Waals surface area (Å²) in [5.41, 5.74) is 2.33. The van der Waals surface area contributed by atoms with Gasteiger partial charge in [-0.25, -0.2) is 4.39 Å². The van der Waals surface area contributed by atoms with Gasteiger partial charge in [-0.05, 0) is 41.9 Å². The standard InChI is InChI=1S/C20H29F/c1-2-3-4-17-5-7-18(8-6-17)9-10-19-11-13-20(14-12-19)15-16-21/h11-18H,2-10H2,1H3/t17-,18-. The van der Waals surface area contributed by atoms with E-state index in [0.29, 0.717) is 6.33 Å². The van der Waals surface area contributed by atoms with E-state index in [-0.39, 0.29) is 0 Å². The molecule has 0 nitrogen and oxygen atoms in total. The normalized spacial score (nSPS) is 22.8. The van der Waals surface area contributed by atoms with Gasteiger partial charge in [-0.15, -0.1) is 0 Å². The molecule has 21 heavy (non-hydrogen) atoms. The summed E-state index contributed by atoms with van der Waals surface area (Å²) >= 11 is 0. The quantitative estimate of drug-likeness (QED) is 0.533. The van der Waals surface area contributed by atoms with E-state index in [9.17, 15) is 4.39 Å². The van der Waals surface area contributed by atoms with Crippen LogP contribution in [0.15, 0.2) is 30.6 Å². The summed E-state index contributed by atoms with van der Waals surface area (Å²) in [6.07, 6.45) is 14.6. The molecule has 1 aromatic carbocycles. The van der Waals surface area contributed by atoms with Crippen molar-refractivity contribution in [2.24, 2.45) is 11.8 Å². The van der Waals surface area contributed by atoms with Crippen LogP contribution in [0.25, 0.3) is 6.08 Å². The van der Waals surface area contributed by atoms with Crippen molar-refractivity contribution in [3.63, 3.8) is 0 Å². The zero-order chi connectivity index (χ0) is 14.9. The van der Waals surface area contributed by atoms with Crippen LogP contribution in [0.2, 0.25) is 0 Å². The maximum atomic E-state index is 12.1. The van der Waals surface area contributed by atoms with Crippen LogP contribution in [0.4, 0.5) is 4.39 Å². The van der Waals surface area contributed by atoms with E-state index in [2.05, 4.69) is 19.1 Å². The summed E-state index contributed by atoms with van der Waals surface area (Å²) in [4.78, 5) is 0. The third-order valence-electron chi connectivity index (χ3n) is 5.01. The summed E-state index contributed by atoms with van der Waals surface area (Å²) in [7, 11) is 0. The van der Waals surface area contributed by atoms with Crippen LogP contribution in [0.1, 0.15) is 69.4 Å². The maximum absolute atomic E-state index is 12.1. The zero-order valence-corrected chi connectivity index (χ0v) is 13.4. The van der Waals surface area contributed by atoms with Gasteiger partial charge in [0, 0.05) is 0 Å². The second-order valence-electron chi connectivity index (χ2n) is 6.60. The summed E-state index contributed by atoms with van der Waals surface area (Å²) in [5.74, 6) is 1.93. The van der Waals surface area contributed by atoms with Crippen molar-refractivity contribution < 1.29 is 4.39 Å². The number of hydrogen-bond donors (Lipinski definition) is 0. The highest BCUT2D eigenvalue weighted by molar-refractivity contribution is 5.48. The highest BCUT2D eigenvalue weighted by Gasteiger charge is 2.20. The molecule has 1 aliphatic rings. The van der Waals surface area contributed by atoms with Gasteiger partial charge in [0.1, 0.15) is 0 Å². The third kappa shape index (κ3) is 5.65. The first-order valence-electron chi connectivity index (χ1n) is 8.67. The van der Waals surface area contributed by atoms with Crippen molar-refractivity contribution in [2.45, 2.75) is 64.7 Å². The minimum atomic E-state index is 0.603. The molecule has 0 amide bonds. The minimum Gasteiger partial charge on any atom is -0.216 e. The Hall–Kier alpha value is -1.11. The number of hydrogen-bond acceptors (Lipinski definition) is 0. The Labute approximate surface area is 129 Å². The predicted molar refractivity (Wildman–Crippen MR) is 89.9 cm³/mol. The van der Waals surface area contributed by atoms with Gasteiger partial charge in [-0.3, -0.25) is 0 Å². The summed E-state index contributed by atoms with van der Waals surface area (Å²) < 4.78 is 12.1. The van der Waals surface area contributed by atoms with Gasteiger partial charge in [0.2, 0.25) is 0 Å². The molecule has 0 aliphatic heterocycles. The van der Waals surface area contributed by atoms with Crippen molar-refractivity contribution in [1.82, 2.24) is 0 Å². The van der Waals surface area contributed by atoms with Gasteiger partial charge in [0.05, 0.1) is 6.33 Å². The summed E-state index contributed by atoms with van der Waals surface area (Å²) in [6, 6.07) is 8.30. The van der Waals surface area contributed by atoms with Crippen LogP contribution in [0.3, 0.4) is 0 Å². The van der Waals surface area contributed by atoms with E-state index >= 15 is 0 Å². The van der Waals surface area contributed by atoms with Crippen molar-refractivity contribution in [3.8, 4) is 0 Å². The number of rotatable bonds is 7. The Balaban J connectivity index is 1.69. The van der Waals surface area contributed by atoms with Crippen molar-refractivity contribution in [1.29, 1.82) is 0 Å². The van der Waals surface area contributed by atoms with Crippen LogP contribution in [-0.2, 0) is 6.42 Å². The molecule has 116 valence electrons. The molecule has 0 aromatic heterocycles. The Morgan fingerprint density at radius 1 is 1.00 bits per heavy atom. The lowest BCUT2D eigenvalue weighted by Crippen LogP contribution is -2.15. The van der Waals surface area contributed by atoms with Crippen LogP contribution in [0.5, 0.6) is 0 Å². The molecule has 0 unspecified atom stereocenters. The molecule has 0 bridgehead atoms. The molecule has 0 spiro atoms. The minimum absolute atomic E-state index is 0.603. The molecule has 0 atom stereocenters. The average molecular weight is 288 g/mol. The van der Waals surface area contributed by atoms with Crippen molar-refractivity contribution >= 4 is 6.08 Å². The van der Waals surface area contributed by atoms with Gasteiger partial charge in [0.25, 0.3) is 0 Å². The lowest BCUT2D eigenvalue weighted by molar-refractivity contribution is 0.250. The first-order valence-corrected chi connectivity index (χ1v) is 8.67. The van der Waals surface area contributed by atoms with Crippen LogP contribution < -0.4 is 0 Å². The van der Waals surface area contributed by atoms with E-state index in [1.165, 1.54) is 69.4 Å². The summed E-state index contributed by atoms with van der Waals surface area (Å²) in [5, 5.41) is 0. The molecule has 1 saturated carbocycles. The van der Waals surface area contributed by atoms with E-state index in [4.69, 9.17) is 0 Å². The fraction of sp³-hybridized carbons (Fsp3) is 0.600. The van der Waals surface area contributed by atoms with Gasteiger partial charge in [-0.2, -0.15) is 0 Å². The zero-order valence-electron chi connectivity index (χ0n) is 13.4. The highest BCUT2D eigenvalue weighted by Crippen LogP contribution is 2.34. The predicted octanol–water partition coefficient (Wildman–Crippen LogP) is 6.56. The largest absolute Gasteiger partial charge is 0.216 e. The van der Waals surface area contributed by atoms with Gasteiger partial charge < -0.3 is 0 Å². The number of aryl methyl sites for hydroxylation is 1. The number of halogens is 1. The Kier molecular flexibility index (Phi) is 6.99. The maximum Gasteiger partial charge on any atom is 0.0872 e. The Morgan fingerprint density at radius 2 is 1.62 bits per heavy atom. The first-order chi connectivity index (χ1) is 10.3. The first kappa shape index (κ1) is 16.3. The SMILES string of the molecule is CCCC[C@H]1CC[C@H](CCc2ccc(C=CF)cc2)CC1. The van der Waals surface area contributed by atoms with Crippen LogP contribution >= 0.6 is 0 Å². The number of unbranched alkanes of at least 4 members (excludes halogenated alkanes) is 1. The molecular weight excluding hydrogens is 259 g/mol. The average Bonchev–Trinajstić information content (AvgIpc) is 2.53. The molecule has 1 fully saturated rings. The Bertz CT molecular complexity index is 410. The lowest BCUT2D eigenvalue weighted by atomic mass is 9.78. The third-order valence-corrected chi connectivity index (χ3v) is 5.01. The second kappa shape index (κ2) is 9.02. The van der Waals surface area contributed by atoms with Crippen molar-refractivity contribution in [3.05, 3.63) is 41.7 Å². The second-order valence-corrected chi connectivity index (χ2v) is 6.60. The smallest absolute Gasteiger partial charge is 0.0872 e. The fourth-order valence-corrected chi connectivity index (χ4v) is 3.54. The van der Waals surface area contributed by atoms with E-state index in [0.717, 1.165) is 17.4 Å². The van der Waals surface area contributed by atoms with Gasteiger partial charge in [-0.1, -0.05) is 76.1 Å². The van der Waals surface area contributed by atoms with Gasteiger partial charge >= 0.3 is 0 Å². The van der Waals surface area contributed by atoms with Crippen LogP contribution in [-0.4, -0.2) is 0 Å². The van der Waals surface area contributed by atoms with Crippen molar-refractivity contribution in [2.75, 3.05) is 0 Å². The fourth-order valence-electron chi connectivity index (χ4n) is 3.54. The Morgan fingerprint density at radius 3 is 2.19 bits per heavy atom. The molecule has 0 heterocycles. The summed E-state index contributed by atoms with van der Waals surface area (Å²) in [6.45, 7) is 2.29. The monoisotopic (exact) mass is 288 g/mol. The van der Waals surface area contributed by atoms with Gasteiger partial charge in [0.15, 0.2) is 0 Å². The molecule has 0 N–H and O–H groups in total. The molecule has 2 rings (SSSR count). The molecule has 0 saturated heterocycles.